The number of thiol groups is 1. The lowest BCUT2D eigenvalue weighted by atomic mass is 9.83. The van der Waals surface area contributed by atoms with Gasteiger partial charge in [0.2, 0.25) is 0 Å². The first-order chi connectivity index (χ1) is 9.73. The molecule has 0 bridgehead atoms. The van der Waals surface area contributed by atoms with Gasteiger partial charge in [-0.1, -0.05) is 32.8 Å². The minimum absolute atomic E-state index is 0.427. The van der Waals surface area contributed by atoms with E-state index in [4.69, 9.17) is 0 Å². The summed E-state index contributed by atoms with van der Waals surface area (Å²) in [5.74, 6) is 2.24. The second-order valence-electron chi connectivity index (χ2n) is 6.23. The Kier molecular flexibility index (Phi) is 6.35. The van der Waals surface area contributed by atoms with Crippen molar-refractivity contribution >= 4 is 24.4 Å². The minimum Gasteiger partial charge on any atom is -0.179 e. The molecule has 1 aromatic carbocycles. The first-order valence-electron chi connectivity index (χ1n) is 8.08. The van der Waals surface area contributed by atoms with Crippen LogP contribution in [0.15, 0.2) is 23.1 Å². The average molecular weight is 309 g/mol. The molecule has 1 aliphatic carbocycles. The van der Waals surface area contributed by atoms with Crippen LogP contribution in [0.2, 0.25) is 0 Å². The number of hydrogen-bond donors (Lipinski definition) is 1. The molecule has 2 rings (SSSR count). The Hall–Kier alpha value is -0.0800. The summed E-state index contributed by atoms with van der Waals surface area (Å²) in [7, 11) is 0. The van der Waals surface area contributed by atoms with Gasteiger partial charge in [0.15, 0.2) is 0 Å². The molecule has 0 spiro atoms. The third-order valence-electron chi connectivity index (χ3n) is 4.51. The van der Waals surface area contributed by atoms with Crippen molar-refractivity contribution in [2.45, 2.75) is 63.7 Å². The molecule has 0 atom stereocenters. The maximum atomic E-state index is 4.67. The van der Waals surface area contributed by atoms with Gasteiger partial charge in [-0.2, -0.15) is 12.6 Å². The Morgan fingerprint density at radius 2 is 1.80 bits per heavy atom. The van der Waals surface area contributed by atoms with Crippen LogP contribution in [0.25, 0.3) is 0 Å². The van der Waals surface area contributed by atoms with Crippen molar-refractivity contribution in [1.29, 1.82) is 0 Å². The van der Waals surface area contributed by atoms with Crippen molar-refractivity contribution in [1.82, 2.24) is 0 Å². The molecule has 0 radical (unpaired) electrons. The van der Waals surface area contributed by atoms with Crippen LogP contribution >= 0.6 is 24.4 Å². The van der Waals surface area contributed by atoms with Crippen molar-refractivity contribution in [3.05, 3.63) is 29.3 Å². The molecular weight excluding hydrogens is 280 g/mol. The number of benzene rings is 1. The van der Waals surface area contributed by atoms with Gasteiger partial charge in [0, 0.05) is 10.6 Å². The highest BCUT2D eigenvalue weighted by Crippen LogP contribution is 2.38. The summed E-state index contributed by atoms with van der Waals surface area (Å²) in [6, 6.07) is 7.12. The molecular formula is C18H28S2. The molecule has 1 aromatic rings. The molecule has 0 N–H and O–H groups in total. The topological polar surface area (TPSA) is 0 Å². The van der Waals surface area contributed by atoms with Gasteiger partial charge in [0.1, 0.15) is 0 Å². The van der Waals surface area contributed by atoms with Crippen LogP contribution in [0.1, 0.15) is 57.1 Å². The van der Waals surface area contributed by atoms with Gasteiger partial charge in [0.05, 0.1) is 0 Å². The van der Waals surface area contributed by atoms with E-state index in [1.54, 1.807) is 11.1 Å². The van der Waals surface area contributed by atoms with Crippen LogP contribution in [-0.4, -0.2) is 11.5 Å². The van der Waals surface area contributed by atoms with Crippen molar-refractivity contribution < 1.29 is 0 Å². The summed E-state index contributed by atoms with van der Waals surface area (Å²) in [5.41, 5.74) is 3.60. The van der Waals surface area contributed by atoms with E-state index in [-0.39, 0.29) is 0 Å². The van der Waals surface area contributed by atoms with E-state index in [9.17, 15) is 0 Å². The summed E-state index contributed by atoms with van der Waals surface area (Å²) in [6.07, 6.45) is 9.06. The van der Waals surface area contributed by atoms with Crippen molar-refractivity contribution in [3.8, 4) is 0 Å². The monoisotopic (exact) mass is 308 g/mol. The van der Waals surface area contributed by atoms with Gasteiger partial charge in [0.25, 0.3) is 0 Å². The zero-order valence-electron chi connectivity index (χ0n) is 13.0. The Balaban J connectivity index is 2.01. The van der Waals surface area contributed by atoms with Crippen LogP contribution in [0, 0.1) is 5.41 Å². The molecule has 2 heteroatoms. The lowest BCUT2D eigenvalue weighted by molar-refractivity contribution is 0.318. The summed E-state index contributed by atoms with van der Waals surface area (Å²) in [6.45, 7) is 4.60. The van der Waals surface area contributed by atoms with Crippen LogP contribution < -0.4 is 0 Å². The fraction of sp³-hybridized carbons (Fsp3) is 0.667. The standard InChI is InChI=1S/C18H28S2/c1-3-10-18(13-19,11-4-2)14-20-17-9-8-15-6-5-7-16(15)12-17/h8-9,12,19H,3-7,10-11,13-14H2,1-2H3. The van der Waals surface area contributed by atoms with Gasteiger partial charge in [-0.05, 0) is 66.5 Å². The second kappa shape index (κ2) is 7.79. The Labute approximate surface area is 134 Å². The number of hydrogen-bond acceptors (Lipinski definition) is 2. The van der Waals surface area contributed by atoms with E-state index in [0.717, 1.165) is 5.75 Å². The Morgan fingerprint density at radius 3 is 2.45 bits per heavy atom. The summed E-state index contributed by atoms with van der Waals surface area (Å²) in [4.78, 5) is 1.46. The molecule has 112 valence electrons. The third kappa shape index (κ3) is 3.98. The lowest BCUT2D eigenvalue weighted by Gasteiger charge is -2.31. The molecule has 0 nitrogen and oxygen atoms in total. The van der Waals surface area contributed by atoms with Crippen molar-refractivity contribution in [2.75, 3.05) is 11.5 Å². The van der Waals surface area contributed by atoms with E-state index in [2.05, 4.69) is 44.7 Å². The van der Waals surface area contributed by atoms with E-state index in [1.807, 2.05) is 11.8 Å². The number of fused-ring (bicyclic) bond motifs is 1. The predicted molar refractivity (Wildman–Crippen MR) is 95.3 cm³/mol. The maximum Gasteiger partial charge on any atom is 0.00750 e. The zero-order chi connectivity index (χ0) is 14.4. The van der Waals surface area contributed by atoms with Crippen molar-refractivity contribution in [3.63, 3.8) is 0 Å². The fourth-order valence-electron chi connectivity index (χ4n) is 3.41. The first-order valence-corrected chi connectivity index (χ1v) is 9.70. The van der Waals surface area contributed by atoms with E-state index in [1.165, 1.54) is 55.6 Å². The summed E-state index contributed by atoms with van der Waals surface area (Å²) >= 11 is 6.72. The van der Waals surface area contributed by atoms with Crippen LogP contribution in [-0.2, 0) is 12.8 Å². The van der Waals surface area contributed by atoms with Crippen LogP contribution in [0.4, 0.5) is 0 Å². The molecule has 20 heavy (non-hydrogen) atoms. The first kappa shape index (κ1) is 16.3. The van der Waals surface area contributed by atoms with Gasteiger partial charge < -0.3 is 0 Å². The lowest BCUT2D eigenvalue weighted by Crippen LogP contribution is -2.25. The van der Waals surface area contributed by atoms with Crippen LogP contribution in [0.3, 0.4) is 0 Å². The maximum absolute atomic E-state index is 4.67. The molecule has 1 aliphatic rings. The van der Waals surface area contributed by atoms with E-state index >= 15 is 0 Å². The van der Waals surface area contributed by atoms with Gasteiger partial charge in [-0.15, -0.1) is 11.8 Å². The summed E-state index contributed by atoms with van der Waals surface area (Å²) < 4.78 is 0. The third-order valence-corrected chi connectivity index (χ3v) is 6.53. The highest BCUT2D eigenvalue weighted by Gasteiger charge is 2.27. The van der Waals surface area contributed by atoms with Gasteiger partial charge in [-0.3, -0.25) is 0 Å². The number of aryl methyl sites for hydroxylation is 2. The SMILES string of the molecule is CCCC(CS)(CCC)CSc1ccc2c(c1)CCC2. The normalized spacial score (nSPS) is 14.6. The number of thioether (sulfide) groups is 1. The second-order valence-corrected chi connectivity index (χ2v) is 7.60. The van der Waals surface area contributed by atoms with Crippen LogP contribution in [0.5, 0.6) is 0 Å². The molecule has 0 fully saturated rings. The predicted octanol–water partition coefficient (Wildman–Crippen LogP) is 5.78. The zero-order valence-corrected chi connectivity index (χ0v) is 14.7. The highest BCUT2D eigenvalue weighted by atomic mass is 32.2. The van der Waals surface area contributed by atoms with Gasteiger partial charge in [-0.25, -0.2) is 0 Å². The van der Waals surface area contributed by atoms with Crippen molar-refractivity contribution in [2.24, 2.45) is 5.41 Å². The Morgan fingerprint density at radius 1 is 1.10 bits per heavy atom. The Bertz CT molecular complexity index is 419. The molecule has 0 aliphatic heterocycles. The van der Waals surface area contributed by atoms with Gasteiger partial charge >= 0.3 is 0 Å². The summed E-state index contributed by atoms with van der Waals surface area (Å²) in [5, 5.41) is 0. The smallest absolute Gasteiger partial charge is 0.00750 e. The highest BCUT2D eigenvalue weighted by molar-refractivity contribution is 7.99. The molecule has 0 amide bonds. The van der Waals surface area contributed by atoms with E-state index in [0.29, 0.717) is 5.41 Å². The number of rotatable bonds is 8. The van der Waals surface area contributed by atoms with E-state index < -0.39 is 0 Å². The molecule has 0 aromatic heterocycles. The average Bonchev–Trinajstić information content (AvgIpc) is 2.92. The molecule has 0 unspecified atom stereocenters. The largest absolute Gasteiger partial charge is 0.179 e. The quantitative estimate of drug-likeness (QED) is 0.469. The molecule has 0 heterocycles. The molecule has 0 saturated carbocycles. The fourth-order valence-corrected chi connectivity index (χ4v) is 5.24. The minimum atomic E-state index is 0.427. The molecule has 0 saturated heterocycles.